The smallest absolute Gasteiger partial charge is 0.326 e. The first-order chi connectivity index (χ1) is 9.93. The van der Waals surface area contributed by atoms with E-state index >= 15 is 0 Å². The van der Waals surface area contributed by atoms with Crippen molar-refractivity contribution in [3.8, 4) is 0 Å². The second-order valence-electron chi connectivity index (χ2n) is 4.37. The van der Waals surface area contributed by atoms with Crippen LogP contribution in [0.1, 0.15) is 25.5 Å². The largest absolute Gasteiger partial charge is 0.481 e. The molecule has 21 heavy (non-hydrogen) atoms. The highest BCUT2D eigenvalue weighted by molar-refractivity contribution is 5.83. The predicted octanol–water partition coefficient (Wildman–Crippen LogP) is 1.13. The van der Waals surface area contributed by atoms with Crippen LogP contribution in [0.5, 0.6) is 0 Å². The molecule has 0 unspecified atom stereocenters. The normalized spacial score (nSPS) is 11.7. The van der Waals surface area contributed by atoms with Gasteiger partial charge in [0.25, 0.3) is 0 Å². The zero-order valence-electron chi connectivity index (χ0n) is 11.6. The maximum Gasteiger partial charge on any atom is 0.326 e. The Morgan fingerprint density at radius 1 is 1.38 bits per heavy atom. The lowest BCUT2D eigenvalue weighted by molar-refractivity contribution is -0.140. The zero-order chi connectivity index (χ0) is 15.8. The third kappa shape index (κ3) is 5.55. The highest BCUT2D eigenvalue weighted by Crippen LogP contribution is 2.06. The maximum absolute atomic E-state index is 12.0. The van der Waals surface area contributed by atoms with Crippen molar-refractivity contribution in [3.63, 3.8) is 0 Å². The van der Waals surface area contributed by atoms with Gasteiger partial charge in [-0.15, -0.1) is 0 Å². The molecule has 3 N–H and O–H groups in total. The lowest BCUT2D eigenvalue weighted by Crippen LogP contribution is -2.47. The minimum atomic E-state index is -1.27. The van der Waals surface area contributed by atoms with Gasteiger partial charge in [-0.3, -0.25) is 4.79 Å². The van der Waals surface area contributed by atoms with Gasteiger partial charge in [0.05, 0.1) is 12.8 Å². The number of carbonyl (C=O) groups excluding carboxylic acids is 1. The van der Waals surface area contributed by atoms with Gasteiger partial charge in [0.15, 0.2) is 0 Å². The Balaban J connectivity index is 2.61. The molecule has 0 saturated heterocycles. The van der Waals surface area contributed by atoms with E-state index in [9.17, 15) is 14.4 Å². The third-order valence-electron chi connectivity index (χ3n) is 2.84. The number of nitrogens with zero attached hydrogens (tertiary/aromatic N) is 1. The van der Waals surface area contributed by atoms with Crippen molar-refractivity contribution < 1.29 is 29.0 Å². The van der Waals surface area contributed by atoms with Crippen LogP contribution in [0.3, 0.4) is 0 Å². The standard InChI is InChI=1S/C13H18N2O6/c1-2-15(8-9-4-3-7-21-9)13(20)14-10(12(18)19)5-6-11(16)17/h3-4,7,10H,2,5-6,8H2,1H3,(H,14,20)(H,16,17)(H,18,19)/t10-/m0/s1. The summed E-state index contributed by atoms with van der Waals surface area (Å²) < 4.78 is 5.13. The average Bonchev–Trinajstić information content (AvgIpc) is 2.92. The lowest BCUT2D eigenvalue weighted by atomic mass is 10.1. The first kappa shape index (κ1) is 16.5. The summed E-state index contributed by atoms with van der Waals surface area (Å²) in [5, 5.41) is 19.9. The molecule has 0 aliphatic rings. The fourth-order valence-corrected chi connectivity index (χ4v) is 1.68. The molecule has 0 saturated carbocycles. The van der Waals surface area contributed by atoms with Gasteiger partial charge in [0, 0.05) is 13.0 Å². The topological polar surface area (TPSA) is 120 Å². The lowest BCUT2D eigenvalue weighted by Gasteiger charge is -2.23. The van der Waals surface area contributed by atoms with Gasteiger partial charge < -0.3 is 24.8 Å². The van der Waals surface area contributed by atoms with Gasteiger partial charge in [0.1, 0.15) is 11.8 Å². The van der Waals surface area contributed by atoms with E-state index in [-0.39, 0.29) is 19.4 Å². The molecule has 0 aromatic carbocycles. The highest BCUT2D eigenvalue weighted by Gasteiger charge is 2.23. The van der Waals surface area contributed by atoms with E-state index in [1.54, 1.807) is 19.1 Å². The molecule has 0 radical (unpaired) electrons. The van der Waals surface area contributed by atoms with Crippen LogP contribution in [0.4, 0.5) is 4.79 Å². The van der Waals surface area contributed by atoms with Gasteiger partial charge in [-0.25, -0.2) is 9.59 Å². The number of carboxylic acid groups (broad SMARTS) is 2. The number of urea groups is 1. The predicted molar refractivity (Wildman–Crippen MR) is 71.6 cm³/mol. The van der Waals surface area contributed by atoms with Crippen LogP contribution in [0.15, 0.2) is 22.8 Å². The van der Waals surface area contributed by atoms with E-state index in [2.05, 4.69) is 5.32 Å². The Bertz CT molecular complexity index is 485. The SMILES string of the molecule is CCN(Cc1ccco1)C(=O)N[C@@H](CCC(=O)O)C(=O)O. The minimum Gasteiger partial charge on any atom is -0.481 e. The van der Waals surface area contributed by atoms with Crippen molar-refractivity contribution in [1.82, 2.24) is 10.2 Å². The summed E-state index contributed by atoms with van der Waals surface area (Å²) in [5.74, 6) is -1.80. The maximum atomic E-state index is 12.0. The first-order valence-electron chi connectivity index (χ1n) is 6.46. The second-order valence-corrected chi connectivity index (χ2v) is 4.37. The van der Waals surface area contributed by atoms with E-state index in [0.29, 0.717) is 12.3 Å². The molecule has 1 rings (SSSR count). The zero-order valence-corrected chi connectivity index (χ0v) is 11.6. The van der Waals surface area contributed by atoms with Crippen LogP contribution in [0.2, 0.25) is 0 Å². The van der Waals surface area contributed by atoms with E-state index in [1.807, 2.05) is 0 Å². The van der Waals surface area contributed by atoms with Crippen molar-refractivity contribution in [2.45, 2.75) is 32.4 Å². The molecule has 0 fully saturated rings. The van der Waals surface area contributed by atoms with Crippen LogP contribution in [0, 0.1) is 0 Å². The molecular weight excluding hydrogens is 280 g/mol. The van der Waals surface area contributed by atoms with Crippen molar-refractivity contribution >= 4 is 18.0 Å². The Labute approximate surface area is 121 Å². The van der Waals surface area contributed by atoms with E-state index < -0.39 is 24.0 Å². The summed E-state index contributed by atoms with van der Waals surface area (Å²) in [5.41, 5.74) is 0. The Morgan fingerprint density at radius 2 is 2.10 bits per heavy atom. The molecule has 1 atom stereocenters. The van der Waals surface area contributed by atoms with Crippen molar-refractivity contribution in [2.75, 3.05) is 6.54 Å². The van der Waals surface area contributed by atoms with Crippen molar-refractivity contribution in [3.05, 3.63) is 24.2 Å². The summed E-state index contributed by atoms with van der Waals surface area (Å²) in [4.78, 5) is 34.9. The van der Waals surface area contributed by atoms with E-state index in [0.717, 1.165) is 0 Å². The number of rotatable bonds is 8. The minimum absolute atomic E-state index is 0.172. The summed E-state index contributed by atoms with van der Waals surface area (Å²) in [7, 11) is 0. The molecule has 1 aromatic heterocycles. The number of aliphatic carboxylic acids is 2. The average molecular weight is 298 g/mol. The quantitative estimate of drug-likeness (QED) is 0.661. The number of hydrogen-bond acceptors (Lipinski definition) is 4. The number of nitrogens with one attached hydrogen (secondary N) is 1. The summed E-state index contributed by atoms with van der Waals surface area (Å²) in [6.45, 7) is 2.31. The first-order valence-corrected chi connectivity index (χ1v) is 6.46. The third-order valence-corrected chi connectivity index (χ3v) is 2.84. The van der Waals surface area contributed by atoms with Gasteiger partial charge in [-0.05, 0) is 25.5 Å². The number of amides is 2. The van der Waals surface area contributed by atoms with E-state index in [4.69, 9.17) is 14.6 Å². The molecule has 2 amide bonds. The Hall–Kier alpha value is -2.51. The van der Waals surface area contributed by atoms with Crippen LogP contribution in [-0.2, 0) is 16.1 Å². The molecule has 8 nitrogen and oxygen atoms in total. The summed E-state index contributed by atoms with van der Waals surface area (Å²) >= 11 is 0. The molecule has 0 aliphatic carbocycles. The number of hydrogen-bond donors (Lipinski definition) is 3. The van der Waals surface area contributed by atoms with Crippen LogP contribution in [0.25, 0.3) is 0 Å². The molecule has 0 bridgehead atoms. The molecule has 8 heteroatoms. The Morgan fingerprint density at radius 3 is 2.57 bits per heavy atom. The van der Waals surface area contributed by atoms with E-state index in [1.165, 1.54) is 11.2 Å². The molecule has 0 aliphatic heterocycles. The van der Waals surface area contributed by atoms with Gasteiger partial charge in [-0.2, -0.15) is 0 Å². The summed E-state index contributed by atoms with van der Waals surface area (Å²) in [6.07, 6.45) is 0.976. The van der Waals surface area contributed by atoms with Gasteiger partial charge in [0.2, 0.25) is 0 Å². The van der Waals surface area contributed by atoms with Crippen LogP contribution >= 0.6 is 0 Å². The monoisotopic (exact) mass is 298 g/mol. The molecule has 116 valence electrons. The summed E-state index contributed by atoms with van der Waals surface area (Å²) in [6, 6.07) is 1.58. The van der Waals surface area contributed by atoms with Gasteiger partial charge in [-0.1, -0.05) is 0 Å². The molecule has 0 spiro atoms. The number of furan rings is 1. The van der Waals surface area contributed by atoms with Crippen LogP contribution < -0.4 is 5.32 Å². The van der Waals surface area contributed by atoms with Crippen LogP contribution in [-0.4, -0.2) is 45.7 Å². The molecular formula is C13H18N2O6. The highest BCUT2D eigenvalue weighted by atomic mass is 16.4. The van der Waals surface area contributed by atoms with Crippen molar-refractivity contribution in [2.24, 2.45) is 0 Å². The van der Waals surface area contributed by atoms with Crippen molar-refractivity contribution in [1.29, 1.82) is 0 Å². The van der Waals surface area contributed by atoms with Gasteiger partial charge >= 0.3 is 18.0 Å². The molecule has 1 aromatic rings. The number of carboxylic acids is 2. The fourth-order valence-electron chi connectivity index (χ4n) is 1.68. The molecule has 1 heterocycles. The fraction of sp³-hybridized carbons (Fsp3) is 0.462. The number of carbonyl (C=O) groups is 3. The Kier molecular flexibility index (Phi) is 6.25. The second kappa shape index (κ2) is 7.93.